The maximum Gasteiger partial charge on any atom is 0.166 e. The van der Waals surface area contributed by atoms with Crippen LogP contribution in [0.4, 0.5) is 22.0 Å². The first-order chi connectivity index (χ1) is 16.4. The summed E-state index contributed by atoms with van der Waals surface area (Å²) >= 11 is 0. The first-order valence-electron chi connectivity index (χ1n) is 10.5. The zero-order valence-electron chi connectivity index (χ0n) is 18.2. The Balaban J connectivity index is 1.62. The van der Waals surface area contributed by atoms with E-state index in [1.165, 1.54) is 36.4 Å². The molecule has 0 unspecified atom stereocenters. The SMILES string of the molecule is COCCCc1ccc(-c2cc(F)c(C#Cc3ccc4c(F)c(F)ccc4c3)c(F)c2)c(F)c1. The minimum atomic E-state index is -0.972. The van der Waals surface area contributed by atoms with Crippen molar-refractivity contribution in [2.24, 2.45) is 0 Å². The van der Waals surface area contributed by atoms with Crippen LogP contribution in [0.2, 0.25) is 0 Å². The monoisotopic (exact) mass is 466 g/mol. The van der Waals surface area contributed by atoms with Gasteiger partial charge in [0.15, 0.2) is 11.6 Å². The van der Waals surface area contributed by atoms with E-state index < -0.39 is 34.6 Å². The standard InChI is InChI=1S/C28H19F5O/c1-34-12-2-3-17-4-8-21(25(30)14-17)20-15-26(31)23(27(32)16-20)10-6-18-5-9-22-19(13-18)7-11-24(29)28(22)33/h4-5,7-9,11,13-16H,2-3,12H2,1H3. The van der Waals surface area contributed by atoms with Gasteiger partial charge in [-0.2, -0.15) is 0 Å². The fourth-order valence-corrected chi connectivity index (χ4v) is 3.69. The summed E-state index contributed by atoms with van der Waals surface area (Å²) in [6, 6.07) is 13.3. The summed E-state index contributed by atoms with van der Waals surface area (Å²) in [4.78, 5) is 0. The molecule has 4 rings (SSSR count). The molecule has 0 saturated carbocycles. The molecule has 0 aliphatic heterocycles. The van der Waals surface area contributed by atoms with Crippen LogP contribution in [0, 0.1) is 40.9 Å². The minimum Gasteiger partial charge on any atom is -0.385 e. The van der Waals surface area contributed by atoms with Crippen molar-refractivity contribution in [1.82, 2.24) is 0 Å². The maximum atomic E-state index is 14.7. The number of hydrogen-bond donors (Lipinski definition) is 0. The number of aryl methyl sites for hydroxylation is 1. The molecular weight excluding hydrogens is 447 g/mol. The van der Waals surface area contributed by atoms with Crippen molar-refractivity contribution in [3.63, 3.8) is 0 Å². The van der Waals surface area contributed by atoms with Crippen LogP contribution in [0.3, 0.4) is 0 Å². The van der Waals surface area contributed by atoms with Crippen LogP contribution in [-0.4, -0.2) is 13.7 Å². The lowest BCUT2D eigenvalue weighted by atomic mass is 9.99. The largest absolute Gasteiger partial charge is 0.385 e. The van der Waals surface area contributed by atoms with Crippen LogP contribution in [-0.2, 0) is 11.2 Å². The molecule has 4 aromatic carbocycles. The molecule has 0 amide bonds. The molecule has 1 nitrogen and oxygen atoms in total. The van der Waals surface area contributed by atoms with Crippen LogP contribution in [0.1, 0.15) is 23.1 Å². The number of hydrogen-bond acceptors (Lipinski definition) is 1. The second-order valence-corrected chi connectivity index (χ2v) is 7.77. The van der Waals surface area contributed by atoms with Crippen LogP contribution in [0.5, 0.6) is 0 Å². The number of ether oxygens (including phenoxy) is 1. The Morgan fingerprint density at radius 3 is 2.21 bits per heavy atom. The molecule has 0 bridgehead atoms. The average Bonchev–Trinajstić information content (AvgIpc) is 2.81. The molecule has 0 aliphatic rings. The lowest BCUT2D eigenvalue weighted by molar-refractivity contribution is 0.195. The number of benzene rings is 4. The minimum absolute atomic E-state index is 0.0599. The fourth-order valence-electron chi connectivity index (χ4n) is 3.69. The zero-order valence-corrected chi connectivity index (χ0v) is 18.2. The Morgan fingerprint density at radius 1 is 0.735 bits per heavy atom. The molecule has 4 aromatic rings. The number of fused-ring (bicyclic) bond motifs is 1. The van der Waals surface area contributed by atoms with Gasteiger partial charge in [-0.15, -0.1) is 0 Å². The Bertz CT molecular complexity index is 1410. The molecule has 0 spiro atoms. The highest BCUT2D eigenvalue weighted by Crippen LogP contribution is 2.28. The second-order valence-electron chi connectivity index (χ2n) is 7.77. The third-order valence-electron chi connectivity index (χ3n) is 5.44. The average molecular weight is 466 g/mol. The highest BCUT2D eigenvalue weighted by Gasteiger charge is 2.14. The fraction of sp³-hybridized carbons (Fsp3) is 0.143. The molecule has 0 radical (unpaired) electrons. The third-order valence-corrected chi connectivity index (χ3v) is 5.44. The van der Waals surface area contributed by atoms with Crippen molar-refractivity contribution in [3.05, 3.63) is 106 Å². The van der Waals surface area contributed by atoms with Gasteiger partial charge >= 0.3 is 0 Å². The number of methoxy groups -OCH3 is 1. The summed E-state index contributed by atoms with van der Waals surface area (Å²) in [5.41, 5.74) is 0.809. The summed E-state index contributed by atoms with van der Waals surface area (Å²) in [5.74, 6) is 0.712. The smallest absolute Gasteiger partial charge is 0.166 e. The van der Waals surface area contributed by atoms with Gasteiger partial charge in [-0.3, -0.25) is 0 Å². The van der Waals surface area contributed by atoms with Gasteiger partial charge in [-0.1, -0.05) is 36.1 Å². The normalized spacial score (nSPS) is 10.9. The van der Waals surface area contributed by atoms with E-state index in [4.69, 9.17) is 4.74 Å². The quantitative estimate of drug-likeness (QED) is 0.172. The maximum absolute atomic E-state index is 14.7. The van der Waals surface area contributed by atoms with Gasteiger partial charge in [-0.25, -0.2) is 22.0 Å². The van der Waals surface area contributed by atoms with Crippen LogP contribution < -0.4 is 0 Å². The number of rotatable bonds is 5. The van der Waals surface area contributed by atoms with E-state index >= 15 is 0 Å². The molecule has 0 aliphatic carbocycles. The molecule has 6 heteroatoms. The van der Waals surface area contributed by atoms with E-state index in [0.717, 1.165) is 30.2 Å². The van der Waals surface area contributed by atoms with Crippen LogP contribution in [0.15, 0.2) is 60.7 Å². The lowest BCUT2D eigenvalue weighted by Crippen LogP contribution is -1.96. The molecule has 0 fully saturated rings. The first-order valence-corrected chi connectivity index (χ1v) is 10.5. The van der Waals surface area contributed by atoms with Crippen molar-refractivity contribution in [2.45, 2.75) is 12.8 Å². The molecule has 172 valence electrons. The van der Waals surface area contributed by atoms with Crippen molar-refractivity contribution >= 4 is 10.8 Å². The lowest BCUT2D eigenvalue weighted by Gasteiger charge is -2.08. The van der Waals surface area contributed by atoms with Crippen molar-refractivity contribution < 1.29 is 26.7 Å². The summed E-state index contributed by atoms with van der Waals surface area (Å²) in [5, 5.41) is 0.488. The summed E-state index contributed by atoms with van der Waals surface area (Å²) in [7, 11) is 1.59. The van der Waals surface area contributed by atoms with E-state index in [9.17, 15) is 22.0 Å². The number of halogens is 5. The molecule has 0 aromatic heterocycles. The highest BCUT2D eigenvalue weighted by atomic mass is 19.2. The van der Waals surface area contributed by atoms with Gasteiger partial charge in [0.1, 0.15) is 17.5 Å². The Morgan fingerprint density at radius 2 is 1.50 bits per heavy atom. The van der Waals surface area contributed by atoms with Gasteiger partial charge in [0.05, 0.1) is 5.56 Å². The molecule has 0 heterocycles. The van der Waals surface area contributed by atoms with Crippen molar-refractivity contribution in [2.75, 3.05) is 13.7 Å². The van der Waals surface area contributed by atoms with Gasteiger partial charge in [0.25, 0.3) is 0 Å². The van der Waals surface area contributed by atoms with E-state index in [1.807, 2.05) is 0 Å². The van der Waals surface area contributed by atoms with E-state index in [1.54, 1.807) is 13.2 Å². The molecule has 0 saturated heterocycles. The zero-order chi connectivity index (χ0) is 24.2. The summed E-state index contributed by atoms with van der Waals surface area (Å²) in [6.45, 7) is 0.553. The molecular formula is C28H19F5O. The first kappa shape index (κ1) is 23.5. The third kappa shape index (κ3) is 4.95. The molecule has 0 atom stereocenters. The summed E-state index contributed by atoms with van der Waals surface area (Å²) < 4.78 is 76.2. The topological polar surface area (TPSA) is 9.23 Å². The van der Waals surface area contributed by atoms with Gasteiger partial charge in [-0.05, 0) is 65.8 Å². The highest BCUT2D eigenvalue weighted by molar-refractivity contribution is 5.84. The van der Waals surface area contributed by atoms with E-state index in [0.29, 0.717) is 24.0 Å². The van der Waals surface area contributed by atoms with E-state index in [-0.39, 0.29) is 16.5 Å². The Kier molecular flexibility index (Phi) is 6.95. The van der Waals surface area contributed by atoms with Crippen molar-refractivity contribution in [1.29, 1.82) is 0 Å². The predicted octanol–water partition coefficient (Wildman–Crippen LogP) is 7.18. The van der Waals surface area contributed by atoms with Gasteiger partial charge in [0.2, 0.25) is 0 Å². The van der Waals surface area contributed by atoms with Crippen molar-refractivity contribution in [3.8, 4) is 23.0 Å². The van der Waals surface area contributed by atoms with E-state index in [2.05, 4.69) is 11.8 Å². The summed E-state index contributed by atoms with van der Waals surface area (Å²) in [6.07, 6.45) is 1.35. The van der Waals surface area contributed by atoms with Gasteiger partial charge in [0, 0.05) is 30.2 Å². The Hall–Kier alpha value is -3.69. The van der Waals surface area contributed by atoms with Gasteiger partial charge < -0.3 is 4.74 Å². The predicted molar refractivity (Wildman–Crippen MR) is 122 cm³/mol. The van der Waals surface area contributed by atoms with Crippen LogP contribution in [0.25, 0.3) is 21.9 Å². The molecule has 0 N–H and O–H groups in total. The van der Waals surface area contributed by atoms with Crippen LogP contribution >= 0.6 is 0 Å². The Labute approximate surface area is 193 Å². The molecule has 34 heavy (non-hydrogen) atoms. The second kappa shape index (κ2) is 10.1.